The molecule has 3 fully saturated rings. The van der Waals surface area contributed by atoms with E-state index in [-0.39, 0.29) is 17.9 Å². The minimum Gasteiger partial charge on any atom is -0.489 e. The minimum absolute atomic E-state index is 0.122. The Balaban J connectivity index is 1.05. The molecule has 4 aromatic rings. The van der Waals surface area contributed by atoms with E-state index in [0.29, 0.717) is 42.1 Å². The highest BCUT2D eigenvalue weighted by molar-refractivity contribution is 5.94. The summed E-state index contributed by atoms with van der Waals surface area (Å²) >= 11 is 0. The second-order valence-corrected chi connectivity index (χ2v) is 12.0. The summed E-state index contributed by atoms with van der Waals surface area (Å²) in [6.07, 6.45) is 1.61. The maximum absolute atomic E-state index is 13.8. The molecule has 2 N–H and O–H groups in total. The summed E-state index contributed by atoms with van der Waals surface area (Å²) in [7, 11) is 0. The fraction of sp³-hybridized carbons (Fsp3) is 0.297. The van der Waals surface area contributed by atoms with Crippen molar-refractivity contribution in [3.8, 4) is 5.75 Å². The molecule has 2 bridgehead atoms. The van der Waals surface area contributed by atoms with Gasteiger partial charge in [-0.05, 0) is 41.0 Å². The van der Waals surface area contributed by atoms with Crippen LogP contribution in [0, 0.1) is 5.92 Å². The number of hydrogen-bond donors (Lipinski definition) is 2. The van der Waals surface area contributed by atoms with E-state index in [2.05, 4.69) is 5.32 Å². The molecule has 1 atom stereocenters. The van der Waals surface area contributed by atoms with Gasteiger partial charge in [0.25, 0.3) is 5.91 Å². The highest BCUT2D eigenvalue weighted by atomic mass is 16.6. The zero-order valence-electron chi connectivity index (χ0n) is 24.8. The largest absolute Gasteiger partial charge is 0.489 e. The fourth-order valence-electron chi connectivity index (χ4n) is 6.60. The van der Waals surface area contributed by atoms with Crippen LogP contribution in [0.15, 0.2) is 115 Å². The van der Waals surface area contributed by atoms with Crippen molar-refractivity contribution in [2.24, 2.45) is 5.92 Å². The molecular weight excluding hydrogens is 552 g/mol. The average molecular weight is 592 g/mol. The average Bonchev–Trinajstić information content (AvgIpc) is 3.09. The van der Waals surface area contributed by atoms with Gasteiger partial charge in [0.1, 0.15) is 18.9 Å². The monoisotopic (exact) mass is 591 g/mol. The van der Waals surface area contributed by atoms with E-state index in [0.717, 1.165) is 42.5 Å². The van der Waals surface area contributed by atoms with Crippen LogP contribution in [-0.4, -0.2) is 60.3 Å². The molecule has 44 heavy (non-hydrogen) atoms. The van der Waals surface area contributed by atoms with Gasteiger partial charge in [0.05, 0.1) is 26.2 Å². The van der Waals surface area contributed by atoms with Gasteiger partial charge in [-0.25, -0.2) is 4.79 Å². The van der Waals surface area contributed by atoms with Crippen LogP contribution in [0.25, 0.3) is 0 Å². The lowest BCUT2D eigenvalue weighted by molar-refractivity contribution is -0.945. The number of carbonyl (C=O) groups is 2. The molecule has 3 saturated heterocycles. The Bertz CT molecular complexity index is 1500. The van der Waals surface area contributed by atoms with Crippen molar-refractivity contribution in [3.63, 3.8) is 0 Å². The Kier molecular flexibility index (Phi) is 8.77. The number of nitrogens with zero attached hydrogens (tertiary/aromatic N) is 1. The Morgan fingerprint density at radius 3 is 1.95 bits per heavy atom. The van der Waals surface area contributed by atoms with Crippen LogP contribution < -0.4 is 10.1 Å². The summed E-state index contributed by atoms with van der Waals surface area (Å²) in [6.45, 7) is 4.41. The van der Waals surface area contributed by atoms with E-state index in [1.165, 1.54) is 0 Å². The van der Waals surface area contributed by atoms with E-state index in [1.807, 2.05) is 78.9 Å². The van der Waals surface area contributed by atoms with Crippen LogP contribution >= 0.6 is 0 Å². The van der Waals surface area contributed by atoms with Gasteiger partial charge in [0.2, 0.25) is 5.60 Å². The fourth-order valence-corrected chi connectivity index (χ4v) is 6.60. The third-order valence-corrected chi connectivity index (χ3v) is 9.21. The summed E-state index contributed by atoms with van der Waals surface area (Å²) in [5, 5.41) is 14.9. The molecule has 1 amide bonds. The normalized spacial score (nSPS) is 20.9. The lowest BCUT2D eigenvalue weighted by Gasteiger charge is -2.52. The van der Waals surface area contributed by atoms with E-state index < -0.39 is 11.6 Å². The molecule has 3 heterocycles. The standard InChI is InChI=1S/C37H38N2O5/c40-35(30-16-18-33(19-17-30)43-27-28-10-4-1-5-11-28)38-22-25-39-23-20-29(21-24-39)34(26-39)44-36(41)37(42,31-12-6-2-7-13-31)32-14-8-3-9-15-32/h1-19,29,34,42H,20-27H2/p+1/t29?,34-,39?/m0/s1. The van der Waals surface area contributed by atoms with Crippen molar-refractivity contribution in [2.75, 3.05) is 32.7 Å². The number of piperidine rings is 3. The molecule has 0 spiro atoms. The minimum atomic E-state index is -1.89. The Morgan fingerprint density at radius 1 is 0.795 bits per heavy atom. The van der Waals surface area contributed by atoms with E-state index in [4.69, 9.17) is 9.47 Å². The lowest BCUT2D eigenvalue weighted by Crippen LogP contribution is -2.66. The first-order valence-corrected chi connectivity index (χ1v) is 15.4. The number of fused-ring (bicyclic) bond motifs is 3. The summed E-state index contributed by atoms with van der Waals surface area (Å²) < 4.78 is 12.8. The van der Waals surface area contributed by atoms with Gasteiger partial charge in [-0.1, -0.05) is 91.0 Å². The molecule has 0 aromatic heterocycles. The van der Waals surface area contributed by atoms with Crippen LogP contribution in [-0.2, 0) is 21.7 Å². The zero-order chi connectivity index (χ0) is 30.4. The number of quaternary nitrogens is 1. The van der Waals surface area contributed by atoms with Crippen molar-refractivity contribution in [2.45, 2.75) is 31.2 Å². The molecular formula is C37H39N2O5+. The molecule has 7 nitrogen and oxygen atoms in total. The summed E-state index contributed by atoms with van der Waals surface area (Å²) in [4.78, 5) is 26.7. The molecule has 0 aliphatic carbocycles. The summed E-state index contributed by atoms with van der Waals surface area (Å²) in [6, 6.07) is 35.2. The predicted molar refractivity (Wildman–Crippen MR) is 168 cm³/mol. The van der Waals surface area contributed by atoms with Crippen LogP contribution in [0.5, 0.6) is 5.75 Å². The number of amides is 1. The van der Waals surface area contributed by atoms with Crippen LogP contribution in [0.1, 0.15) is 39.9 Å². The maximum atomic E-state index is 13.8. The Labute approximate surface area is 258 Å². The number of rotatable bonds is 11. The molecule has 0 radical (unpaired) electrons. The highest BCUT2D eigenvalue weighted by Crippen LogP contribution is 2.38. The highest BCUT2D eigenvalue weighted by Gasteiger charge is 2.50. The van der Waals surface area contributed by atoms with Crippen molar-refractivity contribution in [3.05, 3.63) is 138 Å². The molecule has 7 rings (SSSR count). The maximum Gasteiger partial charge on any atom is 0.348 e. The molecule has 226 valence electrons. The van der Waals surface area contributed by atoms with E-state index >= 15 is 0 Å². The van der Waals surface area contributed by atoms with Gasteiger partial charge in [0.15, 0.2) is 6.10 Å². The van der Waals surface area contributed by atoms with E-state index in [1.54, 1.807) is 36.4 Å². The van der Waals surface area contributed by atoms with Crippen molar-refractivity contribution < 1.29 is 28.7 Å². The van der Waals surface area contributed by atoms with Crippen molar-refractivity contribution >= 4 is 11.9 Å². The first-order valence-electron chi connectivity index (χ1n) is 15.4. The first-order chi connectivity index (χ1) is 21.5. The molecule has 7 heteroatoms. The smallest absolute Gasteiger partial charge is 0.348 e. The Morgan fingerprint density at radius 2 is 1.36 bits per heavy atom. The van der Waals surface area contributed by atoms with Crippen LogP contribution in [0.3, 0.4) is 0 Å². The third-order valence-electron chi connectivity index (χ3n) is 9.21. The number of carbonyl (C=O) groups excluding carboxylic acids is 2. The quantitative estimate of drug-likeness (QED) is 0.188. The van der Waals surface area contributed by atoms with Gasteiger partial charge in [-0.3, -0.25) is 4.79 Å². The summed E-state index contributed by atoms with van der Waals surface area (Å²) in [5.74, 6) is 0.221. The SMILES string of the molecule is O=C(NCC[N+]12CCC(CC1)[C@@H](OC(=O)C(O)(c1ccccc1)c1ccccc1)C2)c1ccc(OCc2ccccc2)cc1. The van der Waals surface area contributed by atoms with Crippen LogP contribution in [0.4, 0.5) is 0 Å². The third kappa shape index (κ3) is 6.39. The second-order valence-electron chi connectivity index (χ2n) is 12.0. The number of hydrogen-bond acceptors (Lipinski definition) is 5. The number of benzene rings is 4. The molecule has 4 aromatic carbocycles. The molecule has 3 aliphatic heterocycles. The van der Waals surface area contributed by atoms with E-state index in [9.17, 15) is 14.7 Å². The van der Waals surface area contributed by atoms with Gasteiger partial charge in [0, 0.05) is 24.3 Å². The van der Waals surface area contributed by atoms with Gasteiger partial charge < -0.3 is 24.4 Å². The second kappa shape index (κ2) is 13.0. The lowest BCUT2D eigenvalue weighted by atomic mass is 9.82. The molecule has 0 saturated carbocycles. The Hall–Kier alpha value is -4.46. The molecule has 3 aliphatic rings. The van der Waals surface area contributed by atoms with Crippen molar-refractivity contribution in [1.29, 1.82) is 0 Å². The number of aliphatic hydroxyl groups is 1. The first kappa shape index (κ1) is 29.6. The van der Waals surface area contributed by atoms with Crippen LogP contribution in [0.2, 0.25) is 0 Å². The van der Waals surface area contributed by atoms with Gasteiger partial charge >= 0.3 is 5.97 Å². The van der Waals surface area contributed by atoms with Gasteiger partial charge in [-0.2, -0.15) is 0 Å². The zero-order valence-corrected chi connectivity index (χ0v) is 24.8. The van der Waals surface area contributed by atoms with Gasteiger partial charge in [-0.15, -0.1) is 0 Å². The summed E-state index contributed by atoms with van der Waals surface area (Å²) in [5.41, 5.74) is 0.751. The molecule has 0 unspecified atom stereocenters. The predicted octanol–water partition coefficient (Wildman–Crippen LogP) is 5.08. The van der Waals surface area contributed by atoms with Crippen molar-refractivity contribution in [1.82, 2.24) is 5.32 Å². The number of nitrogens with one attached hydrogen (secondary N) is 1. The topological polar surface area (TPSA) is 84.9 Å². The number of esters is 1. The number of ether oxygens (including phenoxy) is 2.